The number of fused-ring (bicyclic) bond motifs is 9. The minimum Gasteiger partial charge on any atom is -0.252 e. The van der Waals surface area contributed by atoms with Crippen molar-refractivity contribution in [3.05, 3.63) is 120 Å². The Balaban J connectivity index is 1.35. The molecule has 0 N–H and O–H groups in total. The highest BCUT2D eigenvalue weighted by atomic mass is 32.1. The van der Waals surface area contributed by atoms with Gasteiger partial charge in [0.05, 0.1) is 22.9 Å². The van der Waals surface area contributed by atoms with Gasteiger partial charge in [0.25, 0.3) is 0 Å². The molecule has 39 heavy (non-hydrogen) atoms. The number of hydrogen-bond acceptors (Lipinski definition) is 3. The third kappa shape index (κ3) is 3.47. The van der Waals surface area contributed by atoms with Crippen molar-refractivity contribution in [1.29, 1.82) is 0 Å². The van der Waals surface area contributed by atoms with E-state index in [4.69, 9.17) is 9.97 Å². The monoisotopic (exact) mass is 516 g/mol. The molecule has 0 unspecified atom stereocenters. The second-order valence-corrected chi connectivity index (χ2v) is 11.5. The zero-order chi connectivity index (χ0) is 26.1. The van der Waals surface area contributed by atoms with Crippen molar-refractivity contribution in [2.45, 2.75) is 13.8 Å². The van der Waals surface area contributed by atoms with Gasteiger partial charge in [-0.05, 0) is 60.0 Å². The van der Waals surface area contributed by atoms with Gasteiger partial charge < -0.3 is 0 Å². The first-order valence-corrected chi connectivity index (χ1v) is 14.1. The van der Waals surface area contributed by atoms with E-state index in [1.807, 2.05) is 17.5 Å². The van der Waals surface area contributed by atoms with Crippen LogP contribution in [0.3, 0.4) is 0 Å². The predicted octanol–water partition coefficient (Wildman–Crippen LogP) is 10.3. The fraction of sp³-hybridized carbons (Fsp3) is 0.0556. The zero-order valence-corrected chi connectivity index (χ0v) is 22.5. The Hall–Kier alpha value is -4.60. The minimum absolute atomic E-state index is 0.891. The van der Waals surface area contributed by atoms with Crippen LogP contribution in [-0.2, 0) is 0 Å². The molecular formula is C36H24N2S. The fourth-order valence-corrected chi connectivity index (χ4v) is 7.15. The van der Waals surface area contributed by atoms with Gasteiger partial charge in [0, 0.05) is 36.5 Å². The largest absolute Gasteiger partial charge is 0.252 e. The lowest BCUT2D eigenvalue weighted by atomic mass is 9.96. The molecule has 8 aromatic rings. The van der Waals surface area contributed by atoms with Gasteiger partial charge in [0.2, 0.25) is 0 Å². The van der Waals surface area contributed by atoms with E-state index in [9.17, 15) is 0 Å². The van der Waals surface area contributed by atoms with E-state index in [0.29, 0.717) is 0 Å². The number of thiophene rings is 1. The van der Waals surface area contributed by atoms with Crippen LogP contribution in [-0.4, -0.2) is 9.97 Å². The van der Waals surface area contributed by atoms with Crippen LogP contribution in [0.5, 0.6) is 0 Å². The Morgan fingerprint density at radius 3 is 2.05 bits per heavy atom. The van der Waals surface area contributed by atoms with Crippen LogP contribution >= 0.6 is 11.3 Å². The topological polar surface area (TPSA) is 25.8 Å². The molecular weight excluding hydrogens is 492 g/mol. The van der Waals surface area contributed by atoms with Crippen LogP contribution in [0.4, 0.5) is 0 Å². The highest BCUT2D eigenvalue weighted by molar-refractivity contribution is 7.26. The summed E-state index contributed by atoms with van der Waals surface area (Å²) in [5.74, 6) is 0. The molecule has 184 valence electrons. The van der Waals surface area contributed by atoms with Crippen molar-refractivity contribution < 1.29 is 0 Å². The molecule has 0 aliphatic heterocycles. The molecule has 0 atom stereocenters. The maximum atomic E-state index is 5.27. The van der Waals surface area contributed by atoms with Crippen molar-refractivity contribution in [3.63, 3.8) is 0 Å². The van der Waals surface area contributed by atoms with Crippen molar-refractivity contribution in [2.24, 2.45) is 0 Å². The molecule has 0 fully saturated rings. The van der Waals surface area contributed by atoms with Crippen LogP contribution in [0.1, 0.15) is 11.1 Å². The van der Waals surface area contributed by atoms with Crippen LogP contribution in [0.15, 0.2) is 109 Å². The van der Waals surface area contributed by atoms with E-state index in [1.54, 1.807) is 0 Å². The minimum atomic E-state index is 0.891. The summed E-state index contributed by atoms with van der Waals surface area (Å²) in [6.07, 6.45) is 1.94. The molecule has 0 aliphatic carbocycles. The van der Waals surface area contributed by atoms with Crippen molar-refractivity contribution in [1.82, 2.24) is 9.97 Å². The van der Waals surface area contributed by atoms with Crippen LogP contribution in [0, 0.1) is 13.8 Å². The molecule has 6 aromatic carbocycles. The molecule has 0 aliphatic rings. The maximum absolute atomic E-state index is 5.27. The van der Waals surface area contributed by atoms with Gasteiger partial charge in [-0.15, -0.1) is 11.3 Å². The third-order valence-electron chi connectivity index (χ3n) is 7.80. The Bertz CT molecular complexity index is 2260. The summed E-state index contributed by atoms with van der Waals surface area (Å²) < 4.78 is 2.64. The van der Waals surface area contributed by atoms with E-state index in [1.165, 1.54) is 53.2 Å². The molecule has 0 saturated carbocycles. The number of nitrogens with zero attached hydrogens (tertiary/aromatic N) is 2. The average Bonchev–Trinajstić information content (AvgIpc) is 3.36. The molecule has 0 amide bonds. The zero-order valence-electron chi connectivity index (χ0n) is 21.7. The molecule has 0 bridgehead atoms. The third-order valence-corrected chi connectivity index (χ3v) is 9.02. The first kappa shape index (κ1) is 22.4. The van der Waals surface area contributed by atoms with Crippen molar-refractivity contribution in [2.75, 3.05) is 0 Å². The Labute approximate surface area is 230 Å². The van der Waals surface area contributed by atoms with E-state index >= 15 is 0 Å². The lowest BCUT2D eigenvalue weighted by molar-refractivity contribution is 1.31. The fourth-order valence-electron chi connectivity index (χ4n) is 5.91. The first-order valence-electron chi connectivity index (χ1n) is 13.2. The number of hydrogen-bond donors (Lipinski definition) is 0. The second-order valence-electron chi connectivity index (χ2n) is 10.4. The summed E-state index contributed by atoms with van der Waals surface area (Å²) in [6, 6.07) is 37.3. The summed E-state index contributed by atoms with van der Waals surface area (Å²) in [7, 11) is 0. The highest BCUT2D eigenvalue weighted by Crippen LogP contribution is 2.41. The van der Waals surface area contributed by atoms with Crippen molar-refractivity contribution >= 4 is 64.1 Å². The van der Waals surface area contributed by atoms with Crippen molar-refractivity contribution in [3.8, 4) is 22.4 Å². The smallest absolute Gasteiger partial charge is 0.0979 e. The van der Waals surface area contributed by atoms with Gasteiger partial charge in [-0.1, -0.05) is 90.0 Å². The van der Waals surface area contributed by atoms with Crippen LogP contribution in [0.25, 0.3) is 75.1 Å². The van der Waals surface area contributed by atoms with E-state index in [0.717, 1.165) is 33.1 Å². The SMILES string of the molecule is Cc1ccc2c3ccc(C)cc3c3nc(-c4cccc(-c5cccc6c5sc5ccccc56)c4)cnc3c2c1. The van der Waals surface area contributed by atoms with Crippen LogP contribution < -0.4 is 0 Å². The summed E-state index contributed by atoms with van der Waals surface area (Å²) in [5.41, 5.74) is 8.79. The van der Waals surface area contributed by atoms with Gasteiger partial charge in [-0.3, -0.25) is 4.98 Å². The summed E-state index contributed by atoms with van der Waals surface area (Å²) in [6.45, 7) is 4.27. The summed E-state index contributed by atoms with van der Waals surface area (Å²) in [4.78, 5) is 10.3. The Morgan fingerprint density at radius 1 is 0.538 bits per heavy atom. The van der Waals surface area contributed by atoms with E-state index in [-0.39, 0.29) is 0 Å². The number of rotatable bonds is 2. The molecule has 0 saturated heterocycles. The highest BCUT2D eigenvalue weighted by Gasteiger charge is 2.14. The lowest BCUT2D eigenvalue weighted by Gasteiger charge is -2.12. The maximum Gasteiger partial charge on any atom is 0.0979 e. The first-order chi connectivity index (χ1) is 19.1. The normalized spacial score (nSPS) is 11.8. The molecule has 0 spiro atoms. The Morgan fingerprint density at radius 2 is 1.23 bits per heavy atom. The predicted molar refractivity (Wildman–Crippen MR) is 168 cm³/mol. The number of benzene rings is 6. The average molecular weight is 517 g/mol. The van der Waals surface area contributed by atoms with E-state index in [2.05, 4.69) is 117 Å². The van der Waals surface area contributed by atoms with Gasteiger partial charge in [0.15, 0.2) is 0 Å². The van der Waals surface area contributed by atoms with Gasteiger partial charge in [0.1, 0.15) is 0 Å². The van der Waals surface area contributed by atoms with Gasteiger partial charge in [-0.2, -0.15) is 0 Å². The van der Waals surface area contributed by atoms with Crippen LogP contribution in [0.2, 0.25) is 0 Å². The summed E-state index contributed by atoms with van der Waals surface area (Å²) >= 11 is 1.86. The Kier molecular flexibility index (Phi) is 4.85. The molecule has 0 radical (unpaired) electrons. The van der Waals surface area contributed by atoms with Gasteiger partial charge in [-0.25, -0.2) is 4.98 Å². The molecule has 2 heterocycles. The standard InChI is InChI=1S/C36H24N2S/c1-21-13-15-26-27-16-14-22(2)18-31(27)35-34(30(26)17-21)37-20-32(38-35)24-8-5-7-23(19-24)25-10-6-11-29-28-9-3-4-12-33(28)39-36(25)29/h3-20H,1-2H3. The second kappa shape index (κ2) is 8.45. The number of aryl methyl sites for hydroxylation is 2. The van der Waals surface area contributed by atoms with E-state index < -0.39 is 0 Å². The van der Waals surface area contributed by atoms with Gasteiger partial charge >= 0.3 is 0 Å². The summed E-state index contributed by atoms with van der Waals surface area (Å²) in [5, 5.41) is 7.39. The molecule has 8 rings (SSSR count). The lowest BCUT2D eigenvalue weighted by Crippen LogP contribution is -1.93. The molecule has 3 heteroatoms. The quantitative estimate of drug-likeness (QED) is 0.214. The number of aromatic nitrogens is 2. The molecule has 2 nitrogen and oxygen atoms in total. The molecule has 2 aromatic heterocycles.